The number of hydrogen-bond donors (Lipinski definition) is 1. The summed E-state index contributed by atoms with van der Waals surface area (Å²) in [4.78, 5) is 9.40. The van der Waals surface area contributed by atoms with Gasteiger partial charge in [0.1, 0.15) is 0 Å². The summed E-state index contributed by atoms with van der Waals surface area (Å²) in [5, 5.41) is 0. The van der Waals surface area contributed by atoms with Crippen molar-refractivity contribution in [2.24, 2.45) is 5.73 Å². The molecule has 2 heteroatoms. The van der Waals surface area contributed by atoms with E-state index < -0.39 is 5.91 Å². The van der Waals surface area contributed by atoms with Gasteiger partial charge in [0.05, 0.1) is 0 Å². The molecule has 0 atom stereocenters. The van der Waals surface area contributed by atoms with Crippen molar-refractivity contribution < 1.29 is 6.17 Å². The Hall–Kier alpha value is -0.530. The minimum atomic E-state index is -0.579. The van der Waals surface area contributed by atoms with Crippen LogP contribution < -0.4 is 5.73 Å². The Morgan fingerprint density at radius 2 is 2.75 bits per heavy atom. The lowest BCUT2D eigenvalue weighted by molar-refractivity contribution is -0.115. The van der Waals surface area contributed by atoms with Crippen molar-refractivity contribution in [3.05, 3.63) is 0 Å². The first kappa shape index (κ1) is 1.76. The van der Waals surface area contributed by atoms with Gasteiger partial charge in [-0.2, -0.15) is 0 Å². The average Bonchev–Trinajstić information content (AvgIpc) is 1.38. The molecule has 4 heavy (non-hydrogen) atoms. The summed E-state index contributed by atoms with van der Waals surface area (Å²) in [6.07, 6.45) is 0. The molecule has 1 amide bonds. The number of carbonyl (C=O) groups is 1. The predicted molar refractivity (Wildman–Crippen MR) is 14.9 cm³/mol. The molecule has 2 N–H and O–H groups in total. The maximum atomic E-state index is 9.40. The Morgan fingerprint density at radius 3 is 2.75 bits per heavy atom. The lowest BCUT2D eigenvalue weighted by Gasteiger charge is -1.60. The Kier molecular flexibility index (Phi) is 0.385. The van der Waals surface area contributed by atoms with Crippen molar-refractivity contribution in [1.82, 2.24) is 0 Å². The van der Waals surface area contributed by atoms with Gasteiger partial charge in [-0.15, -0.1) is 0 Å². The second kappa shape index (κ2) is 0.875. The molecule has 0 fully saturated rings. The molecule has 0 saturated carbocycles. The molecule has 2 nitrogen and oxygen atoms in total. The Balaban J connectivity index is 2.85. The van der Waals surface area contributed by atoms with Crippen molar-refractivity contribution in [3.8, 4) is 0 Å². The van der Waals surface area contributed by atoms with Crippen molar-refractivity contribution in [2.45, 2.75) is 6.90 Å². The maximum Gasteiger partial charge on any atom is 0.214 e. The number of hydrogen-bond acceptors (Lipinski definition) is 1. The third kappa shape index (κ3) is 1.16. The monoisotopic (exact) mass is 60.0 g/mol. The molecule has 0 aliphatic rings. The van der Waals surface area contributed by atoms with Gasteiger partial charge in [0, 0.05) is 8.27 Å². The van der Waals surface area contributed by atoms with Crippen LogP contribution in [0, 0.1) is 0 Å². The van der Waals surface area contributed by atoms with Gasteiger partial charge in [-0.1, -0.05) is 0 Å². The first-order valence-corrected chi connectivity index (χ1v) is 0.846. The largest absolute Gasteiger partial charge is 0.370 e. The van der Waals surface area contributed by atoms with Gasteiger partial charge in [0.2, 0.25) is 5.91 Å². The zero-order valence-electron chi connectivity index (χ0n) is 3.19. The molecule has 0 aromatic rings. The molecule has 0 aromatic heterocycles. The Bertz CT molecular complexity index is 44.9. The van der Waals surface area contributed by atoms with Gasteiger partial charge < -0.3 is 5.73 Å². The topological polar surface area (TPSA) is 43.1 Å². The maximum absolute atomic E-state index is 9.40. The number of rotatable bonds is 0. The first-order chi connectivity index (χ1) is 2.27. The van der Waals surface area contributed by atoms with Gasteiger partial charge in [0.15, 0.2) is 0 Å². The van der Waals surface area contributed by atoms with Crippen molar-refractivity contribution >= 4 is 5.91 Å². The van der Waals surface area contributed by atoms with Crippen LogP contribution in [-0.2, 0) is 4.79 Å². The highest BCUT2D eigenvalue weighted by atomic mass is 16.1. The summed E-state index contributed by atoms with van der Waals surface area (Å²) in [6.45, 7) is -0.306. The number of primary amides is 1. The number of carbonyl (C=O) groups excluding carboxylic acids is 1. The van der Waals surface area contributed by atoms with E-state index in [4.69, 9.17) is 1.37 Å². The highest BCUT2D eigenvalue weighted by Crippen LogP contribution is 1.33. The molecule has 0 aliphatic carbocycles. The third-order valence-electron chi connectivity index (χ3n) is 0. The van der Waals surface area contributed by atoms with Crippen molar-refractivity contribution in [3.63, 3.8) is 0 Å². The summed E-state index contributed by atoms with van der Waals surface area (Å²) in [7, 11) is 0. The molecular formula is C2H5NO. The summed E-state index contributed by atoms with van der Waals surface area (Å²) in [6, 6.07) is 0. The molecule has 0 heterocycles. The van der Waals surface area contributed by atoms with E-state index in [1.54, 1.807) is 0 Å². The molecule has 0 bridgehead atoms. The predicted octanol–water partition coefficient (Wildman–Crippen LogP) is -0.508. The standard InChI is InChI=1S/C2H5NO/c1-2(3)4/h1H3,(H2,3,4)/i1D. The zero-order valence-corrected chi connectivity index (χ0v) is 2.19. The van der Waals surface area contributed by atoms with Crippen molar-refractivity contribution in [1.29, 1.82) is 0 Å². The summed E-state index contributed by atoms with van der Waals surface area (Å²) in [5.41, 5.74) is 4.47. The van der Waals surface area contributed by atoms with Crippen LogP contribution in [0.25, 0.3) is 0 Å². The second-order valence-corrected chi connectivity index (χ2v) is 0.466. The van der Waals surface area contributed by atoms with E-state index in [-0.39, 0.29) is 6.90 Å². The fourth-order valence-corrected chi connectivity index (χ4v) is 0. The van der Waals surface area contributed by atoms with E-state index >= 15 is 0 Å². The number of nitrogens with two attached hydrogens (primary N) is 1. The van der Waals surface area contributed by atoms with Gasteiger partial charge in [0.25, 0.3) is 0 Å². The highest BCUT2D eigenvalue weighted by molar-refractivity contribution is 5.70. The van der Waals surface area contributed by atoms with Crippen LogP contribution in [0.2, 0.25) is 0 Å². The fourth-order valence-electron chi connectivity index (χ4n) is 0. The van der Waals surface area contributed by atoms with Gasteiger partial charge in [-0.05, 0) is 0 Å². The van der Waals surface area contributed by atoms with E-state index in [0.717, 1.165) is 0 Å². The molecule has 0 saturated heterocycles. The van der Waals surface area contributed by atoms with Crippen LogP contribution in [-0.4, -0.2) is 5.91 Å². The van der Waals surface area contributed by atoms with Crippen LogP contribution in [0.4, 0.5) is 0 Å². The van der Waals surface area contributed by atoms with E-state index in [9.17, 15) is 4.79 Å². The fraction of sp³-hybridized carbons (Fsp3) is 0.500. The van der Waals surface area contributed by atoms with E-state index in [1.807, 2.05) is 0 Å². The van der Waals surface area contributed by atoms with Gasteiger partial charge in [-0.25, -0.2) is 0 Å². The summed E-state index contributed by atoms with van der Waals surface area (Å²) in [5.74, 6) is -0.579. The van der Waals surface area contributed by atoms with E-state index in [2.05, 4.69) is 5.73 Å². The lowest BCUT2D eigenvalue weighted by atomic mass is 10.8. The lowest BCUT2D eigenvalue weighted by Crippen LogP contribution is -2.01. The van der Waals surface area contributed by atoms with E-state index in [0.29, 0.717) is 0 Å². The highest BCUT2D eigenvalue weighted by Gasteiger charge is 1.61. The molecule has 0 rings (SSSR count). The molecular weight excluding hydrogens is 54.0 g/mol. The van der Waals surface area contributed by atoms with Gasteiger partial charge >= 0.3 is 0 Å². The van der Waals surface area contributed by atoms with E-state index in [1.165, 1.54) is 0 Å². The van der Waals surface area contributed by atoms with Crippen LogP contribution in [0.15, 0.2) is 0 Å². The SMILES string of the molecule is [2H]CC(N)=O. The minimum absolute atomic E-state index is 0.306. The molecule has 0 unspecified atom stereocenters. The van der Waals surface area contributed by atoms with Crippen LogP contribution >= 0.6 is 0 Å². The summed E-state index contributed by atoms with van der Waals surface area (Å²) < 4.78 is 6.18. The Labute approximate surface area is 26.0 Å². The Morgan fingerprint density at radius 1 is 2.50 bits per heavy atom. The first-order valence-electron chi connectivity index (χ1n) is 1.55. The smallest absolute Gasteiger partial charge is 0.214 e. The zero-order chi connectivity index (χ0) is 4.28. The minimum Gasteiger partial charge on any atom is -0.370 e. The van der Waals surface area contributed by atoms with Crippen LogP contribution in [0.5, 0.6) is 0 Å². The van der Waals surface area contributed by atoms with Gasteiger partial charge in [-0.3, -0.25) is 4.79 Å². The summed E-state index contributed by atoms with van der Waals surface area (Å²) >= 11 is 0. The van der Waals surface area contributed by atoms with Crippen molar-refractivity contribution in [2.75, 3.05) is 0 Å². The molecule has 0 aliphatic heterocycles. The molecule has 0 spiro atoms. The quantitative estimate of drug-likeness (QED) is 0.402. The molecule has 0 aromatic carbocycles. The molecule has 0 radical (unpaired) electrons. The normalized spacial score (nSPS) is 9.50. The number of amides is 1. The molecule has 24 valence electrons. The second-order valence-electron chi connectivity index (χ2n) is 0.466. The average molecular weight is 60.1 g/mol. The van der Waals surface area contributed by atoms with Crippen LogP contribution in [0.1, 0.15) is 8.27 Å². The van der Waals surface area contributed by atoms with Crippen LogP contribution in [0.3, 0.4) is 0 Å². The third-order valence-corrected chi connectivity index (χ3v) is 0.